The first kappa shape index (κ1) is 39.5. The second-order valence-electron chi connectivity index (χ2n) is 15.9. The number of fused-ring (bicyclic) bond motifs is 3. The van der Waals surface area contributed by atoms with Gasteiger partial charge in [-0.05, 0) is 75.3 Å². The predicted octanol–water partition coefficient (Wildman–Crippen LogP) is 3.49. The summed E-state index contributed by atoms with van der Waals surface area (Å²) >= 11 is 0. The zero-order chi connectivity index (χ0) is 40.0. The van der Waals surface area contributed by atoms with Gasteiger partial charge in [0.05, 0.1) is 29.8 Å². The molecule has 2 aromatic carbocycles. The lowest BCUT2D eigenvalue weighted by atomic mass is 10.0. The van der Waals surface area contributed by atoms with Crippen molar-refractivity contribution in [3.05, 3.63) is 71.6 Å². The van der Waals surface area contributed by atoms with Crippen LogP contribution >= 0.6 is 0 Å². The molecule has 5 aliphatic rings. The number of benzene rings is 2. The van der Waals surface area contributed by atoms with Crippen LogP contribution in [0.2, 0.25) is 0 Å². The van der Waals surface area contributed by atoms with Crippen LogP contribution in [0.3, 0.4) is 0 Å². The van der Waals surface area contributed by atoms with Crippen molar-refractivity contribution in [1.29, 1.82) is 0 Å². The summed E-state index contributed by atoms with van der Waals surface area (Å²) < 4.78 is 74.0. The van der Waals surface area contributed by atoms with E-state index < -0.39 is 84.1 Å². The van der Waals surface area contributed by atoms with E-state index in [1.165, 1.54) is 15.9 Å². The third kappa shape index (κ3) is 8.36. The third-order valence-electron chi connectivity index (χ3n) is 11.4. The number of nitrogens with one attached hydrogen (secondary N) is 4. The highest BCUT2D eigenvalue weighted by Crippen LogP contribution is 2.47. The molecule has 1 saturated heterocycles. The SMILES string of the molecule is CC1(S(=O)(=O)NC(=O)[C@@]23C[C@H]2/C=C\CCCCC[C@H](Nc2cccc(NS(C)(=O)=O)c2)C(=O)N2C[C@H](OC(=O)N4Cc5cccc(F)c5C4)C[C@H]2C(=O)N3)CC1. The van der Waals surface area contributed by atoms with E-state index in [0.29, 0.717) is 48.9 Å². The number of carbonyl (C=O) groups is 4. The number of hydrogen-bond donors (Lipinski definition) is 4. The molecule has 5 atom stereocenters. The monoisotopic (exact) mass is 814 g/mol. The fourth-order valence-electron chi connectivity index (χ4n) is 7.76. The van der Waals surface area contributed by atoms with Crippen LogP contribution in [0.25, 0.3) is 0 Å². The Morgan fingerprint density at radius 3 is 2.48 bits per heavy atom. The first-order chi connectivity index (χ1) is 26.5. The Bertz CT molecular complexity index is 2180. The quantitative estimate of drug-likeness (QED) is 0.286. The molecule has 4 N–H and O–H groups in total. The highest BCUT2D eigenvalue weighted by molar-refractivity contribution is 7.92. The third-order valence-corrected chi connectivity index (χ3v) is 14.2. The molecule has 0 unspecified atom stereocenters. The van der Waals surface area contributed by atoms with Crippen molar-refractivity contribution in [3.63, 3.8) is 0 Å². The molecule has 3 fully saturated rings. The normalized spacial score (nSPS) is 28.0. The van der Waals surface area contributed by atoms with Crippen molar-refractivity contribution in [1.82, 2.24) is 19.8 Å². The van der Waals surface area contributed by atoms with E-state index in [-0.39, 0.29) is 38.2 Å². The van der Waals surface area contributed by atoms with Gasteiger partial charge in [-0.25, -0.2) is 26.0 Å². The van der Waals surface area contributed by atoms with Gasteiger partial charge in [0.25, 0.3) is 5.91 Å². The van der Waals surface area contributed by atoms with E-state index >= 15 is 0 Å². The molecule has 0 aromatic heterocycles. The zero-order valence-electron chi connectivity index (χ0n) is 31.3. The topological polar surface area (TPSA) is 200 Å². The molecule has 4 amide bonds. The predicted molar refractivity (Wildman–Crippen MR) is 204 cm³/mol. The molecule has 2 aromatic rings. The Morgan fingerprint density at radius 2 is 1.75 bits per heavy atom. The number of sulfonamides is 2. The molecule has 0 spiro atoms. The second kappa shape index (κ2) is 15.0. The van der Waals surface area contributed by atoms with Gasteiger partial charge >= 0.3 is 6.09 Å². The number of nitrogens with zero attached hydrogens (tertiary/aromatic N) is 2. The Hall–Kier alpha value is -4.71. The number of rotatable bonds is 8. The van der Waals surface area contributed by atoms with Crippen molar-refractivity contribution >= 4 is 55.2 Å². The van der Waals surface area contributed by atoms with Crippen LogP contribution < -0.4 is 20.1 Å². The summed E-state index contributed by atoms with van der Waals surface area (Å²) in [6, 6.07) is 8.93. The highest BCUT2D eigenvalue weighted by Gasteiger charge is 2.63. The highest BCUT2D eigenvalue weighted by atomic mass is 32.2. The van der Waals surface area contributed by atoms with Crippen LogP contribution in [0, 0.1) is 11.7 Å². The molecule has 56 heavy (non-hydrogen) atoms. The molecule has 18 heteroatoms. The number of allylic oxidation sites excluding steroid dienone is 1. The molecule has 0 radical (unpaired) electrons. The second-order valence-corrected chi connectivity index (χ2v) is 19.8. The van der Waals surface area contributed by atoms with Crippen LogP contribution in [0.15, 0.2) is 54.6 Å². The molecule has 3 heterocycles. The van der Waals surface area contributed by atoms with Crippen LogP contribution in [-0.4, -0.2) is 91.7 Å². The van der Waals surface area contributed by atoms with Gasteiger partial charge in [0.1, 0.15) is 29.5 Å². The maximum absolute atomic E-state index is 14.6. The first-order valence-electron chi connectivity index (χ1n) is 18.9. The van der Waals surface area contributed by atoms with Gasteiger partial charge in [-0.1, -0.05) is 43.2 Å². The summed E-state index contributed by atoms with van der Waals surface area (Å²) in [6.07, 6.45) is 7.09. The van der Waals surface area contributed by atoms with Crippen molar-refractivity contribution in [2.24, 2.45) is 5.92 Å². The lowest BCUT2D eigenvalue weighted by Crippen LogP contribution is -2.58. The Labute approximate surface area is 325 Å². The zero-order valence-corrected chi connectivity index (χ0v) is 32.9. The molecule has 3 aliphatic heterocycles. The van der Waals surface area contributed by atoms with E-state index in [1.807, 2.05) is 12.2 Å². The van der Waals surface area contributed by atoms with Crippen LogP contribution in [0.4, 0.5) is 20.6 Å². The van der Waals surface area contributed by atoms with Crippen molar-refractivity contribution in [3.8, 4) is 0 Å². The minimum atomic E-state index is -4.03. The van der Waals surface area contributed by atoms with E-state index in [4.69, 9.17) is 4.74 Å². The summed E-state index contributed by atoms with van der Waals surface area (Å²) in [5.74, 6) is -2.96. The van der Waals surface area contributed by atoms with Gasteiger partial charge in [-0.3, -0.25) is 28.7 Å². The smallest absolute Gasteiger partial charge is 0.410 e. The molecular weight excluding hydrogens is 768 g/mol. The van der Waals surface area contributed by atoms with Gasteiger partial charge in [-0.15, -0.1) is 0 Å². The van der Waals surface area contributed by atoms with Gasteiger partial charge in [0, 0.05) is 30.1 Å². The largest absolute Gasteiger partial charge is 0.444 e. The summed E-state index contributed by atoms with van der Waals surface area (Å²) in [5.41, 5.74) is 0.185. The van der Waals surface area contributed by atoms with E-state index in [0.717, 1.165) is 19.1 Å². The maximum atomic E-state index is 14.6. The van der Waals surface area contributed by atoms with Crippen molar-refractivity contribution in [2.45, 2.75) is 106 Å². The van der Waals surface area contributed by atoms with Gasteiger partial charge in [-0.2, -0.15) is 0 Å². The number of halogens is 1. The van der Waals surface area contributed by atoms with E-state index in [9.17, 15) is 40.4 Å². The summed E-state index contributed by atoms with van der Waals surface area (Å²) in [7, 11) is -7.62. The number of hydrogen-bond acceptors (Lipinski definition) is 10. The number of carbonyl (C=O) groups excluding carboxylic acids is 4. The average Bonchev–Trinajstić information content (AvgIpc) is 3.92. The summed E-state index contributed by atoms with van der Waals surface area (Å²) in [5, 5.41) is 6.05. The molecule has 7 rings (SSSR count). The molecule has 15 nitrogen and oxygen atoms in total. The number of anilines is 2. The molecule has 2 aliphatic carbocycles. The lowest BCUT2D eigenvalue weighted by Gasteiger charge is -2.30. The van der Waals surface area contributed by atoms with Crippen LogP contribution in [-0.2, 0) is 52.3 Å². The molecule has 2 saturated carbocycles. The first-order valence-corrected chi connectivity index (χ1v) is 22.3. The lowest BCUT2D eigenvalue weighted by molar-refractivity contribution is -0.140. The van der Waals surface area contributed by atoms with E-state index in [2.05, 4.69) is 20.1 Å². The van der Waals surface area contributed by atoms with Gasteiger partial charge in [0.15, 0.2) is 0 Å². The fourth-order valence-corrected chi connectivity index (χ4v) is 9.63. The van der Waals surface area contributed by atoms with Crippen molar-refractivity contribution in [2.75, 3.05) is 22.8 Å². The fraction of sp³-hybridized carbons (Fsp3) is 0.526. The minimum Gasteiger partial charge on any atom is -0.444 e. The van der Waals surface area contributed by atoms with Gasteiger partial charge < -0.3 is 20.3 Å². The Kier molecular flexibility index (Phi) is 10.6. The maximum Gasteiger partial charge on any atom is 0.410 e. The minimum absolute atomic E-state index is 0.00609. The van der Waals surface area contributed by atoms with Crippen LogP contribution in [0.5, 0.6) is 0 Å². The Morgan fingerprint density at radius 1 is 1.00 bits per heavy atom. The molecule has 0 bridgehead atoms. The number of amides is 4. The standard InChI is InChI=1S/C38H47FN6O9S2/c1-37(16-17-37)56(52,53)43-35(48)38-20-25(38)11-6-4-3-5-7-15-31(40-26-12-9-13-27(18-26)42-55(2,50)51)34(47)45-22-28(19-32(45)33(46)41-38)54-36(49)44-21-24-10-8-14-30(39)29(24)23-44/h6,8-14,18,25,28,31-32,40,42H,3-5,7,15-17,19-23H2,1-2H3,(H,41,46)(H,43,48)/b11-6-/t25-,28-,31+,32+,38-/m1/s1. The summed E-state index contributed by atoms with van der Waals surface area (Å²) in [6.45, 7) is 1.51. The summed E-state index contributed by atoms with van der Waals surface area (Å²) in [4.78, 5) is 58.9. The van der Waals surface area contributed by atoms with Crippen molar-refractivity contribution < 1.29 is 45.1 Å². The average molecular weight is 815 g/mol. The number of ether oxygens (including phenoxy) is 1. The van der Waals surface area contributed by atoms with E-state index in [1.54, 1.807) is 43.3 Å². The van der Waals surface area contributed by atoms with Gasteiger partial charge in [0.2, 0.25) is 31.9 Å². The Balaban J connectivity index is 1.16. The van der Waals surface area contributed by atoms with Crippen LogP contribution in [0.1, 0.15) is 75.8 Å². The molecule has 302 valence electrons. The molecular formula is C38H47FN6O9S2.